The number of rotatable bonds is 5. The predicted molar refractivity (Wildman–Crippen MR) is 73.1 cm³/mol. The molecule has 1 atom stereocenters. The van der Waals surface area contributed by atoms with Crippen LogP contribution in [0.4, 0.5) is 4.79 Å². The van der Waals surface area contributed by atoms with Crippen LogP contribution < -0.4 is 0 Å². The first-order valence-electron chi connectivity index (χ1n) is 6.79. The molecule has 5 nitrogen and oxygen atoms in total. The standard InChI is InChI=1S/C15H19NO4/c1-11-5-7-12(8-6-11)13(17)3-2-4-14(18)16-9-10-20-15(16)19/h5-8,13,17H,2-4,9-10H2,1H3/t13-/m0/s1. The number of aliphatic hydroxyl groups is 1. The molecule has 0 aromatic heterocycles. The van der Waals surface area contributed by atoms with E-state index < -0.39 is 12.2 Å². The summed E-state index contributed by atoms with van der Waals surface area (Å²) in [6, 6.07) is 7.67. The number of imide groups is 1. The van der Waals surface area contributed by atoms with E-state index in [9.17, 15) is 14.7 Å². The molecule has 20 heavy (non-hydrogen) atoms. The van der Waals surface area contributed by atoms with E-state index in [2.05, 4.69) is 0 Å². The van der Waals surface area contributed by atoms with E-state index in [1.807, 2.05) is 31.2 Å². The van der Waals surface area contributed by atoms with Crippen LogP contribution in [0.1, 0.15) is 36.5 Å². The second kappa shape index (κ2) is 6.52. The number of cyclic esters (lactones) is 1. The maximum atomic E-state index is 11.8. The fourth-order valence-corrected chi connectivity index (χ4v) is 2.16. The van der Waals surface area contributed by atoms with Gasteiger partial charge in [0.05, 0.1) is 12.6 Å². The van der Waals surface area contributed by atoms with Gasteiger partial charge in [0, 0.05) is 6.42 Å². The van der Waals surface area contributed by atoms with Crippen LogP contribution in [0.15, 0.2) is 24.3 Å². The molecule has 1 aromatic rings. The van der Waals surface area contributed by atoms with Crippen molar-refractivity contribution in [3.05, 3.63) is 35.4 Å². The normalized spacial score (nSPS) is 16.1. The Morgan fingerprint density at radius 3 is 2.70 bits per heavy atom. The first-order valence-corrected chi connectivity index (χ1v) is 6.79. The smallest absolute Gasteiger partial charge is 0.416 e. The lowest BCUT2D eigenvalue weighted by molar-refractivity contribution is -0.127. The summed E-state index contributed by atoms with van der Waals surface area (Å²) in [5, 5.41) is 10.0. The molecule has 2 rings (SSSR count). The van der Waals surface area contributed by atoms with Gasteiger partial charge in [-0.05, 0) is 25.3 Å². The van der Waals surface area contributed by atoms with Crippen LogP contribution in [0.3, 0.4) is 0 Å². The lowest BCUT2D eigenvalue weighted by atomic mass is 10.0. The molecule has 0 spiro atoms. The number of hydrogen-bond donors (Lipinski definition) is 1. The van der Waals surface area contributed by atoms with Gasteiger partial charge in [-0.1, -0.05) is 29.8 Å². The average molecular weight is 277 g/mol. The summed E-state index contributed by atoms with van der Waals surface area (Å²) in [6.07, 6.45) is 0.149. The van der Waals surface area contributed by atoms with Crippen LogP contribution in [0.25, 0.3) is 0 Å². The fourth-order valence-electron chi connectivity index (χ4n) is 2.16. The van der Waals surface area contributed by atoms with Gasteiger partial charge in [0.2, 0.25) is 5.91 Å². The van der Waals surface area contributed by atoms with Crippen molar-refractivity contribution < 1.29 is 19.4 Å². The summed E-state index contributed by atoms with van der Waals surface area (Å²) in [7, 11) is 0. The Hall–Kier alpha value is -1.88. The van der Waals surface area contributed by atoms with E-state index in [0.717, 1.165) is 16.0 Å². The number of benzene rings is 1. The maximum absolute atomic E-state index is 11.8. The Labute approximate surface area is 118 Å². The molecule has 1 heterocycles. The van der Waals surface area contributed by atoms with Gasteiger partial charge in [-0.3, -0.25) is 4.79 Å². The SMILES string of the molecule is Cc1ccc([C@@H](O)CCCC(=O)N2CCOC2=O)cc1. The number of carbonyl (C=O) groups excluding carboxylic acids is 2. The van der Waals surface area contributed by atoms with Gasteiger partial charge in [-0.25, -0.2) is 9.69 Å². The Bertz CT molecular complexity index is 483. The Balaban J connectivity index is 1.76. The van der Waals surface area contributed by atoms with E-state index >= 15 is 0 Å². The number of hydrogen-bond acceptors (Lipinski definition) is 4. The summed E-state index contributed by atoms with van der Waals surface area (Å²) in [6.45, 7) is 2.60. The highest BCUT2D eigenvalue weighted by Crippen LogP contribution is 2.20. The molecule has 0 saturated carbocycles. The molecule has 1 aliphatic heterocycles. The van der Waals surface area contributed by atoms with Gasteiger partial charge in [-0.15, -0.1) is 0 Å². The zero-order valence-corrected chi connectivity index (χ0v) is 11.5. The first-order chi connectivity index (χ1) is 9.58. The predicted octanol–water partition coefficient (Wildman–Crippen LogP) is 2.18. The molecule has 1 N–H and O–H groups in total. The van der Waals surface area contributed by atoms with Crippen LogP contribution >= 0.6 is 0 Å². The molecule has 1 aliphatic rings. The topological polar surface area (TPSA) is 66.8 Å². The third-order valence-electron chi connectivity index (χ3n) is 3.39. The number of ether oxygens (including phenoxy) is 1. The van der Waals surface area contributed by atoms with Gasteiger partial charge in [0.25, 0.3) is 0 Å². The quantitative estimate of drug-likeness (QED) is 0.895. The Morgan fingerprint density at radius 2 is 2.10 bits per heavy atom. The third-order valence-corrected chi connectivity index (χ3v) is 3.39. The van der Waals surface area contributed by atoms with E-state index in [-0.39, 0.29) is 18.9 Å². The second-order valence-corrected chi connectivity index (χ2v) is 4.98. The number of aryl methyl sites for hydroxylation is 1. The average Bonchev–Trinajstić information content (AvgIpc) is 2.85. The molecule has 0 aliphatic carbocycles. The minimum absolute atomic E-state index is 0.233. The summed E-state index contributed by atoms with van der Waals surface area (Å²) < 4.78 is 4.71. The molecule has 2 amide bonds. The van der Waals surface area contributed by atoms with Gasteiger partial charge in [0.15, 0.2) is 0 Å². The van der Waals surface area contributed by atoms with Gasteiger partial charge in [-0.2, -0.15) is 0 Å². The van der Waals surface area contributed by atoms with Gasteiger partial charge >= 0.3 is 6.09 Å². The molecule has 1 fully saturated rings. The van der Waals surface area contributed by atoms with Crippen molar-refractivity contribution in [3.8, 4) is 0 Å². The number of amides is 2. The highest BCUT2D eigenvalue weighted by Gasteiger charge is 2.27. The van der Waals surface area contributed by atoms with E-state index in [1.165, 1.54) is 0 Å². The summed E-state index contributed by atoms with van der Waals surface area (Å²) >= 11 is 0. The molecule has 108 valence electrons. The second-order valence-electron chi connectivity index (χ2n) is 4.98. The largest absolute Gasteiger partial charge is 0.447 e. The summed E-state index contributed by atoms with van der Waals surface area (Å²) in [5.74, 6) is -0.233. The Kier molecular flexibility index (Phi) is 4.74. The molecule has 0 bridgehead atoms. The van der Waals surface area contributed by atoms with Gasteiger partial charge < -0.3 is 9.84 Å². The fraction of sp³-hybridized carbons (Fsp3) is 0.467. The molecule has 0 unspecified atom stereocenters. The minimum Gasteiger partial charge on any atom is -0.447 e. The zero-order valence-electron chi connectivity index (χ0n) is 11.5. The van der Waals surface area contributed by atoms with Crippen LogP contribution in [-0.4, -0.2) is 35.2 Å². The summed E-state index contributed by atoms with van der Waals surface area (Å²) in [5.41, 5.74) is 1.99. The van der Waals surface area contributed by atoms with E-state index in [1.54, 1.807) is 0 Å². The van der Waals surface area contributed by atoms with Crippen molar-refractivity contribution in [1.29, 1.82) is 0 Å². The maximum Gasteiger partial charge on any atom is 0.416 e. The van der Waals surface area contributed by atoms with Crippen LogP contribution in [0.2, 0.25) is 0 Å². The number of aliphatic hydroxyl groups excluding tert-OH is 1. The lowest BCUT2D eigenvalue weighted by Crippen LogP contribution is -2.31. The number of carbonyl (C=O) groups is 2. The molecular formula is C15H19NO4. The van der Waals surface area contributed by atoms with Crippen molar-refractivity contribution >= 4 is 12.0 Å². The lowest BCUT2D eigenvalue weighted by Gasteiger charge is -2.13. The van der Waals surface area contributed by atoms with Crippen LogP contribution in [-0.2, 0) is 9.53 Å². The van der Waals surface area contributed by atoms with Crippen molar-refractivity contribution in [2.24, 2.45) is 0 Å². The first kappa shape index (κ1) is 14.5. The van der Waals surface area contributed by atoms with Crippen LogP contribution in [0, 0.1) is 6.92 Å². The Morgan fingerprint density at radius 1 is 1.40 bits per heavy atom. The van der Waals surface area contributed by atoms with E-state index in [0.29, 0.717) is 19.4 Å². The molecule has 1 saturated heterocycles. The van der Waals surface area contributed by atoms with Crippen molar-refractivity contribution in [2.45, 2.75) is 32.3 Å². The molecule has 1 aromatic carbocycles. The van der Waals surface area contributed by atoms with Gasteiger partial charge in [0.1, 0.15) is 6.61 Å². The van der Waals surface area contributed by atoms with Crippen molar-refractivity contribution in [2.75, 3.05) is 13.2 Å². The van der Waals surface area contributed by atoms with Crippen molar-refractivity contribution in [3.63, 3.8) is 0 Å². The monoisotopic (exact) mass is 277 g/mol. The van der Waals surface area contributed by atoms with Crippen LogP contribution in [0.5, 0.6) is 0 Å². The third kappa shape index (κ3) is 3.57. The summed E-state index contributed by atoms with van der Waals surface area (Å²) in [4.78, 5) is 24.1. The zero-order chi connectivity index (χ0) is 14.5. The van der Waals surface area contributed by atoms with Crippen molar-refractivity contribution in [1.82, 2.24) is 4.90 Å². The minimum atomic E-state index is -0.575. The molecule has 0 radical (unpaired) electrons. The molecule has 5 heteroatoms. The highest BCUT2D eigenvalue weighted by atomic mass is 16.6. The number of nitrogens with zero attached hydrogens (tertiary/aromatic N) is 1. The highest BCUT2D eigenvalue weighted by molar-refractivity contribution is 5.92. The van der Waals surface area contributed by atoms with E-state index in [4.69, 9.17) is 4.74 Å². The molecular weight excluding hydrogens is 258 g/mol.